The molecule has 6 rings (SSSR count). The van der Waals surface area contributed by atoms with Gasteiger partial charge in [0.05, 0.1) is 40.1 Å². The number of halogens is 2. The lowest BCUT2D eigenvalue weighted by atomic mass is 9.85. The van der Waals surface area contributed by atoms with Crippen LogP contribution in [0.15, 0.2) is 66.9 Å². The smallest absolute Gasteiger partial charge is 0.320 e. The molecule has 2 aromatic carbocycles. The number of hydrogen-bond donors (Lipinski definition) is 4. The number of nitrogens with one attached hydrogen (secondary N) is 4. The Balaban J connectivity index is 1.15. The second-order valence-corrected chi connectivity index (χ2v) is 14.9. The van der Waals surface area contributed by atoms with Gasteiger partial charge < -0.3 is 15.0 Å². The molecule has 0 radical (unpaired) electrons. The summed E-state index contributed by atoms with van der Waals surface area (Å²) in [6, 6.07) is 17.8. The molecule has 1 aliphatic heterocycles. The average Bonchev–Trinajstić information content (AvgIpc) is 3.49. The fourth-order valence-electron chi connectivity index (χ4n) is 6.44. The fourth-order valence-corrected chi connectivity index (χ4v) is 7.02. The van der Waals surface area contributed by atoms with Gasteiger partial charge in [0.25, 0.3) is 0 Å². The number of amides is 2. The molecule has 0 bridgehead atoms. The zero-order valence-electron chi connectivity index (χ0n) is 29.0. The number of piperazine rings is 1. The summed E-state index contributed by atoms with van der Waals surface area (Å²) in [5.74, 6) is 1.16. The number of urea groups is 1. The van der Waals surface area contributed by atoms with Crippen LogP contribution in [0.3, 0.4) is 0 Å². The monoisotopic (exact) mass is 717 g/mol. The van der Waals surface area contributed by atoms with Crippen LogP contribution in [-0.2, 0) is 12.0 Å². The maximum absolute atomic E-state index is 13.5. The molecule has 2 atom stereocenters. The van der Waals surface area contributed by atoms with Crippen molar-refractivity contribution in [2.75, 3.05) is 45.1 Å². The third-order valence-corrected chi connectivity index (χ3v) is 10.0. The zero-order valence-corrected chi connectivity index (χ0v) is 30.5. The van der Waals surface area contributed by atoms with Gasteiger partial charge in [-0.25, -0.2) is 9.48 Å². The first-order chi connectivity index (χ1) is 23.9. The van der Waals surface area contributed by atoms with Crippen LogP contribution >= 0.6 is 23.2 Å². The molecule has 1 aliphatic carbocycles. The van der Waals surface area contributed by atoms with Crippen molar-refractivity contribution in [3.05, 3.63) is 105 Å². The maximum atomic E-state index is 13.5. The van der Waals surface area contributed by atoms with Gasteiger partial charge in [0, 0.05) is 44.2 Å². The van der Waals surface area contributed by atoms with Crippen molar-refractivity contribution in [2.45, 2.75) is 57.7 Å². The summed E-state index contributed by atoms with van der Waals surface area (Å²) in [4.78, 5) is 18.3. The van der Waals surface area contributed by atoms with Gasteiger partial charge in [-0.15, -0.1) is 0 Å². The Labute approximate surface area is 303 Å². The summed E-state index contributed by atoms with van der Waals surface area (Å²) >= 11 is 12.7. The standard InChI is InChI=1S/C37H45Cl2N9O2/c1-37(2,3)31-22-33(48(44-31)21-20-46-18-16-45(4)17-19-46)43-36(49)42-29-13-14-30(26-9-6-5-8-25(26)29)50-24-12-15-32(40)47(23-24)35(41)34-27(38)10-7-11-28(34)39/h5-12,15,22-23,29-30,40-41H,13-14,16-21H2,1-4H3,(H2,42,43,49). The topological polar surface area (TPSA) is 127 Å². The van der Waals surface area contributed by atoms with Gasteiger partial charge >= 0.3 is 6.03 Å². The van der Waals surface area contributed by atoms with Crippen LogP contribution in [0, 0.1) is 10.8 Å². The lowest BCUT2D eigenvalue weighted by Gasteiger charge is -2.32. The third kappa shape index (κ3) is 8.07. The predicted molar refractivity (Wildman–Crippen MR) is 198 cm³/mol. The second kappa shape index (κ2) is 15.0. The van der Waals surface area contributed by atoms with Crippen LogP contribution in [0.5, 0.6) is 5.75 Å². The normalized spacial score (nSPS) is 18.4. The number of pyridine rings is 1. The number of fused-ring (bicyclic) bond motifs is 1. The van der Waals surface area contributed by atoms with Crippen LogP contribution in [0.2, 0.25) is 10.0 Å². The Morgan fingerprint density at radius 3 is 2.36 bits per heavy atom. The van der Waals surface area contributed by atoms with Crippen LogP contribution in [0.25, 0.3) is 0 Å². The number of rotatable bonds is 8. The highest BCUT2D eigenvalue weighted by Crippen LogP contribution is 2.39. The maximum Gasteiger partial charge on any atom is 0.320 e. The number of hydrogen-bond acceptors (Lipinski definition) is 7. The molecule has 13 heteroatoms. The Morgan fingerprint density at radius 2 is 1.66 bits per heavy atom. The Morgan fingerprint density at radius 1 is 0.960 bits per heavy atom. The van der Waals surface area contributed by atoms with Crippen LogP contribution in [0.4, 0.5) is 10.6 Å². The first-order valence-electron chi connectivity index (χ1n) is 17.0. The Kier molecular flexibility index (Phi) is 10.7. The first kappa shape index (κ1) is 35.7. The molecular formula is C37H45Cl2N9O2. The summed E-state index contributed by atoms with van der Waals surface area (Å²) < 4.78 is 9.81. The predicted octanol–water partition coefficient (Wildman–Crippen LogP) is 6.67. The van der Waals surface area contributed by atoms with Crippen molar-refractivity contribution in [2.24, 2.45) is 0 Å². The molecule has 0 saturated carbocycles. The summed E-state index contributed by atoms with van der Waals surface area (Å²) in [6.45, 7) is 12.1. The highest BCUT2D eigenvalue weighted by Gasteiger charge is 2.30. The lowest BCUT2D eigenvalue weighted by molar-refractivity contribution is 0.149. The van der Waals surface area contributed by atoms with E-state index >= 15 is 0 Å². The molecule has 1 fully saturated rings. The van der Waals surface area contributed by atoms with Gasteiger partial charge in [-0.2, -0.15) is 5.10 Å². The molecule has 50 heavy (non-hydrogen) atoms. The van der Waals surface area contributed by atoms with E-state index in [0.717, 1.165) is 49.5 Å². The molecule has 3 heterocycles. The minimum Gasteiger partial charge on any atom is -0.484 e. The molecule has 11 nitrogen and oxygen atoms in total. The van der Waals surface area contributed by atoms with E-state index in [1.54, 1.807) is 36.5 Å². The summed E-state index contributed by atoms with van der Waals surface area (Å²) in [5.41, 5.74) is 3.16. The van der Waals surface area contributed by atoms with Crippen LogP contribution in [-0.4, -0.2) is 75.8 Å². The number of benzene rings is 2. The third-order valence-electron chi connectivity index (χ3n) is 9.40. The van der Waals surface area contributed by atoms with E-state index in [2.05, 4.69) is 48.3 Å². The molecule has 4 N–H and O–H groups in total. The number of ether oxygens (including phenoxy) is 1. The zero-order chi connectivity index (χ0) is 35.6. The van der Waals surface area contributed by atoms with Crippen LogP contribution in [0.1, 0.15) is 68.1 Å². The van der Waals surface area contributed by atoms with E-state index in [0.29, 0.717) is 46.6 Å². The Bertz CT molecular complexity index is 1900. The van der Waals surface area contributed by atoms with Gasteiger partial charge in [0.2, 0.25) is 0 Å². The van der Waals surface area contributed by atoms with E-state index in [4.69, 9.17) is 43.9 Å². The molecule has 4 aromatic rings. The average molecular weight is 719 g/mol. The molecular weight excluding hydrogens is 673 g/mol. The number of carbonyl (C=O) groups excluding carboxylic acids is 1. The largest absolute Gasteiger partial charge is 0.484 e. The van der Waals surface area contributed by atoms with Crippen molar-refractivity contribution in [3.63, 3.8) is 0 Å². The van der Waals surface area contributed by atoms with Gasteiger partial charge in [0.1, 0.15) is 29.0 Å². The van der Waals surface area contributed by atoms with Crippen molar-refractivity contribution in [1.29, 1.82) is 10.8 Å². The summed E-state index contributed by atoms with van der Waals surface area (Å²) in [5, 5.41) is 29.1. The molecule has 2 unspecified atom stereocenters. The lowest BCUT2D eigenvalue weighted by Crippen LogP contribution is -2.45. The quantitative estimate of drug-likeness (QED) is 0.120. The second-order valence-electron chi connectivity index (χ2n) is 14.1. The fraction of sp³-hybridized carbons (Fsp3) is 0.405. The van der Waals surface area contributed by atoms with Gasteiger partial charge in [-0.3, -0.25) is 25.6 Å². The SMILES string of the molecule is CN1CCN(CCn2nc(C(C)(C)C)cc2NC(=O)NC2CCC(Oc3ccc(=N)n(C(=N)c4c(Cl)cccc4Cl)c3)c3ccccc32)CC1. The molecule has 2 amide bonds. The van der Waals surface area contributed by atoms with Crippen molar-refractivity contribution in [1.82, 2.24) is 29.5 Å². The van der Waals surface area contributed by atoms with Crippen molar-refractivity contribution < 1.29 is 9.53 Å². The number of anilines is 1. The van der Waals surface area contributed by atoms with E-state index in [1.165, 1.54) is 4.57 Å². The highest BCUT2D eigenvalue weighted by molar-refractivity contribution is 6.40. The first-order valence-corrected chi connectivity index (χ1v) is 17.8. The molecule has 264 valence electrons. The highest BCUT2D eigenvalue weighted by atomic mass is 35.5. The van der Waals surface area contributed by atoms with E-state index in [1.807, 2.05) is 35.0 Å². The molecule has 0 spiro atoms. The minimum atomic E-state index is -0.291. The number of aromatic nitrogens is 3. The summed E-state index contributed by atoms with van der Waals surface area (Å²) in [7, 11) is 2.15. The number of likely N-dealkylation sites (N-methyl/N-ethyl adjacent to an activating group) is 1. The molecule has 1 saturated heterocycles. The van der Waals surface area contributed by atoms with E-state index in [-0.39, 0.29) is 34.9 Å². The van der Waals surface area contributed by atoms with Gasteiger partial charge in [-0.05, 0) is 55.3 Å². The van der Waals surface area contributed by atoms with Gasteiger partial charge in [-0.1, -0.05) is 74.3 Å². The molecule has 2 aliphatic rings. The summed E-state index contributed by atoms with van der Waals surface area (Å²) in [6.07, 6.45) is 2.63. The number of nitrogens with zero attached hydrogens (tertiary/aromatic N) is 5. The molecule has 2 aromatic heterocycles. The van der Waals surface area contributed by atoms with E-state index in [9.17, 15) is 4.79 Å². The minimum absolute atomic E-state index is 0.0225. The van der Waals surface area contributed by atoms with Gasteiger partial charge in [0.15, 0.2) is 0 Å². The van der Waals surface area contributed by atoms with Crippen LogP contribution < -0.4 is 20.9 Å². The Hall–Kier alpha value is -4.16. The number of carbonyl (C=O) groups is 1. The van der Waals surface area contributed by atoms with E-state index < -0.39 is 0 Å². The van der Waals surface area contributed by atoms with Crippen molar-refractivity contribution >= 4 is 40.9 Å². The van der Waals surface area contributed by atoms with Crippen molar-refractivity contribution in [3.8, 4) is 5.75 Å².